The normalized spacial score (nSPS) is 27.8. The van der Waals surface area contributed by atoms with E-state index in [-0.39, 0.29) is 6.10 Å². The summed E-state index contributed by atoms with van der Waals surface area (Å²) in [4.78, 5) is 0. The van der Waals surface area contributed by atoms with Crippen molar-refractivity contribution < 1.29 is 5.11 Å². The van der Waals surface area contributed by atoms with Crippen molar-refractivity contribution >= 4 is 0 Å². The van der Waals surface area contributed by atoms with Crippen LogP contribution in [0.15, 0.2) is 12.2 Å². The molecule has 124 valence electrons. The minimum absolute atomic E-state index is 0.0271. The zero-order chi connectivity index (χ0) is 15.0. The molecule has 1 aliphatic rings. The van der Waals surface area contributed by atoms with Gasteiger partial charge < -0.3 is 5.11 Å². The fraction of sp³-hybridized carbons (Fsp3) is 0.900. The predicted octanol–water partition coefficient (Wildman–Crippen LogP) is 6.55. The molecule has 0 amide bonds. The Balaban J connectivity index is 2.13. The van der Waals surface area contributed by atoms with E-state index in [9.17, 15) is 5.11 Å². The molecule has 0 bridgehead atoms. The maximum absolute atomic E-state index is 9.96. The first kappa shape index (κ1) is 18.7. The van der Waals surface area contributed by atoms with Crippen molar-refractivity contribution in [3.05, 3.63) is 12.2 Å². The molecular formula is C20H38O. The Bertz CT molecular complexity index is 234. The van der Waals surface area contributed by atoms with Gasteiger partial charge in [0.05, 0.1) is 6.10 Å². The molecule has 0 aromatic carbocycles. The quantitative estimate of drug-likeness (QED) is 0.502. The molecule has 0 spiro atoms. The molecular weight excluding hydrogens is 256 g/mol. The van der Waals surface area contributed by atoms with Gasteiger partial charge in [-0.05, 0) is 38.5 Å². The van der Waals surface area contributed by atoms with E-state index in [1.54, 1.807) is 0 Å². The van der Waals surface area contributed by atoms with Crippen LogP contribution in [0, 0.1) is 0 Å². The summed E-state index contributed by atoms with van der Waals surface area (Å²) in [5, 5.41) is 9.96. The highest BCUT2D eigenvalue weighted by atomic mass is 16.3. The summed E-state index contributed by atoms with van der Waals surface area (Å²) < 4.78 is 0. The lowest BCUT2D eigenvalue weighted by molar-refractivity contribution is 0.147. The van der Waals surface area contributed by atoms with Gasteiger partial charge >= 0.3 is 0 Å². The second-order valence-electron chi connectivity index (χ2n) is 6.88. The zero-order valence-electron chi connectivity index (χ0n) is 14.2. The summed E-state index contributed by atoms with van der Waals surface area (Å²) in [6.07, 6.45) is 26.9. The third-order valence-electron chi connectivity index (χ3n) is 4.73. The van der Waals surface area contributed by atoms with Crippen LogP contribution in [0.3, 0.4) is 0 Å². The minimum Gasteiger partial charge on any atom is -0.393 e. The molecule has 1 rings (SSSR count). The number of aliphatic hydroxyl groups is 1. The van der Waals surface area contributed by atoms with E-state index in [1.807, 2.05) is 0 Å². The van der Waals surface area contributed by atoms with E-state index in [4.69, 9.17) is 0 Å². The van der Waals surface area contributed by atoms with Crippen LogP contribution in [0.25, 0.3) is 0 Å². The van der Waals surface area contributed by atoms with Crippen LogP contribution in [0.5, 0.6) is 0 Å². The molecule has 0 saturated carbocycles. The molecule has 0 heterocycles. The number of aliphatic hydroxyl groups excluding tert-OH is 1. The summed E-state index contributed by atoms with van der Waals surface area (Å²) in [5.41, 5.74) is 0. The van der Waals surface area contributed by atoms with Crippen molar-refractivity contribution in [1.82, 2.24) is 0 Å². The summed E-state index contributed by atoms with van der Waals surface area (Å²) in [7, 11) is 0. The van der Waals surface area contributed by atoms with Gasteiger partial charge in [0.25, 0.3) is 0 Å². The standard InChI is InChI=1S/C20H38O/c21-20-18-16-14-12-10-8-6-4-2-1-3-5-7-9-11-13-15-17-19-20/h1-2,20-21H,3-19H2/b2-1+. The Hall–Kier alpha value is -0.300. The molecule has 21 heavy (non-hydrogen) atoms. The smallest absolute Gasteiger partial charge is 0.0540 e. The molecule has 0 saturated heterocycles. The number of rotatable bonds is 0. The van der Waals surface area contributed by atoms with Gasteiger partial charge in [0.1, 0.15) is 0 Å². The van der Waals surface area contributed by atoms with E-state index in [1.165, 1.54) is 96.3 Å². The number of hydrogen-bond donors (Lipinski definition) is 1. The van der Waals surface area contributed by atoms with Gasteiger partial charge in [-0.15, -0.1) is 0 Å². The third kappa shape index (κ3) is 13.1. The maximum atomic E-state index is 9.96. The molecule has 0 aliphatic heterocycles. The third-order valence-corrected chi connectivity index (χ3v) is 4.73. The van der Waals surface area contributed by atoms with E-state index in [0.717, 1.165) is 12.8 Å². The van der Waals surface area contributed by atoms with Gasteiger partial charge in [0.15, 0.2) is 0 Å². The number of allylic oxidation sites excluding steroid dienone is 2. The highest BCUT2D eigenvalue weighted by Gasteiger charge is 2.03. The lowest BCUT2D eigenvalue weighted by atomic mass is 10.0. The van der Waals surface area contributed by atoms with Crippen LogP contribution in [0.4, 0.5) is 0 Å². The monoisotopic (exact) mass is 294 g/mol. The van der Waals surface area contributed by atoms with Crippen molar-refractivity contribution in [3.63, 3.8) is 0 Å². The van der Waals surface area contributed by atoms with Crippen LogP contribution < -0.4 is 0 Å². The fourth-order valence-corrected chi connectivity index (χ4v) is 3.26. The lowest BCUT2D eigenvalue weighted by Crippen LogP contribution is -2.05. The van der Waals surface area contributed by atoms with Crippen LogP contribution in [0.2, 0.25) is 0 Å². The second-order valence-corrected chi connectivity index (χ2v) is 6.88. The molecule has 1 heteroatoms. The first-order chi connectivity index (χ1) is 10.4. The molecule has 0 radical (unpaired) electrons. The molecule has 1 atom stereocenters. The molecule has 1 nitrogen and oxygen atoms in total. The van der Waals surface area contributed by atoms with E-state index in [2.05, 4.69) is 12.2 Å². The fourth-order valence-electron chi connectivity index (χ4n) is 3.26. The van der Waals surface area contributed by atoms with Crippen molar-refractivity contribution in [2.75, 3.05) is 0 Å². The topological polar surface area (TPSA) is 20.2 Å². The van der Waals surface area contributed by atoms with Gasteiger partial charge in [0, 0.05) is 0 Å². The largest absolute Gasteiger partial charge is 0.393 e. The van der Waals surface area contributed by atoms with Crippen LogP contribution in [-0.4, -0.2) is 11.2 Å². The van der Waals surface area contributed by atoms with Crippen molar-refractivity contribution in [2.24, 2.45) is 0 Å². The minimum atomic E-state index is -0.0271. The average Bonchev–Trinajstić information content (AvgIpc) is 2.48. The average molecular weight is 295 g/mol. The Morgan fingerprint density at radius 3 is 1.24 bits per heavy atom. The van der Waals surface area contributed by atoms with Gasteiger partial charge in [-0.1, -0.05) is 82.8 Å². The molecule has 0 aromatic heterocycles. The van der Waals surface area contributed by atoms with Gasteiger partial charge in [-0.25, -0.2) is 0 Å². The number of hydrogen-bond acceptors (Lipinski definition) is 1. The molecule has 0 fully saturated rings. The predicted molar refractivity (Wildman–Crippen MR) is 93.6 cm³/mol. The second kappa shape index (κ2) is 14.6. The van der Waals surface area contributed by atoms with Crippen molar-refractivity contribution in [1.29, 1.82) is 0 Å². The highest BCUT2D eigenvalue weighted by Crippen LogP contribution is 2.15. The lowest BCUT2D eigenvalue weighted by Gasteiger charge is -2.10. The van der Waals surface area contributed by atoms with Gasteiger partial charge in [-0.2, -0.15) is 0 Å². The van der Waals surface area contributed by atoms with E-state index in [0.29, 0.717) is 0 Å². The molecule has 1 aliphatic carbocycles. The Kier molecular flexibility index (Phi) is 13.1. The summed E-state index contributed by atoms with van der Waals surface area (Å²) >= 11 is 0. The van der Waals surface area contributed by atoms with Crippen molar-refractivity contribution in [2.45, 2.75) is 115 Å². The van der Waals surface area contributed by atoms with Gasteiger partial charge in [-0.3, -0.25) is 0 Å². The van der Waals surface area contributed by atoms with E-state index >= 15 is 0 Å². The summed E-state index contributed by atoms with van der Waals surface area (Å²) in [6, 6.07) is 0. The summed E-state index contributed by atoms with van der Waals surface area (Å²) in [6.45, 7) is 0. The molecule has 0 aromatic rings. The Labute approximate surface area is 133 Å². The zero-order valence-corrected chi connectivity index (χ0v) is 14.2. The summed E-state index contributed by atoms with van der Waals surface area (Å²) in [5.74, 6) is 0. The first-order valence-corrected chi connectivity index (χ1v) is 9.72. The Morgan fingerprint density at radius 1 is 0.476 bits per heavy atom. The Morgan fingerprint density at radius 2 is 0.810 bits per heavy atom. The molecule has 1 unspecified atom stereocenters. The first-order valence-electron chi connectivity index (χ1n) is 9.72. The maximum Gasteiger partial charge on any atom is 0.0540 e. The van der Waals surface area contributed by atoms with Crippen LogP contribution in [0.1, 0.15) is 109 Å². The molecule has 1 N–H and O–H groups in total. The van der Waals surface area contributed by atoms with E-state index < -0.39 is 0 Å². The SMILES string of the molecule is OC1CCCCCCCC/C=C/CCCCCCCCC1. The van der Waals surface area contributed by atoms with Crippen LogP contribution >= 0.6 is 0 Å². The van der Waals surface area contributed by atoms with Crippen molar-refractivity contribution in [3.8, 4) is 0 Å². The van der Waals surface area contributed by atoms with Gasteiger partial charge in [0.2, 0.25) is 0 Å². The van der Waals surface area contributed by atoms with Crippen LogP contribution in [-0.2, 0) is 0 Å². The highest BCUT2D eigenvalue weighted by molar-refractivity contribution is 4.81.